The summed E-state index contributed by atoms with van der Waals surface area (Å²) >= 11 is 0. The third-order valence-electron chi connectivity index (χ3n) is 4.74. The summed E-state index contributed by atoms with van der Waals surface area (Å²) in [6.07, 6.45) is 0.870. The quantitative estimate of drug-likeness (QED) is 0.345. The number of halogens is 1. The number of rotatable bonds is 6. The van der Waals surface area contributed by atoms with Crippen molar-refractivity contribution >= 4 is 28.5 Å². The van der Waals surface area contributed by atoms with Crippen molar-refractivity contribution in [3.8, 4) is 0 Å². The van der Waals surface area contributed by atoms with Crippen LogP contribution in [0.3, 0.4) is 0 Å². The van der Waals surface area contributed by atoms with Crippen molar-refractivity contribution < 1.29 is 18.1 Å². The molecule has 1 unspecified atom stereocenters. The Morgan fingerprint density at radius 3 is 2.37 bits per heavy atom. The summed E-state index contributed by atoms with van der Waals surface area (Å²) < 4.78 is 35.9. The lowest BCUT2D eigenvalue weighted by Gasteiger charge is -2.26. The number of hydrogen-bond acceptors (Lipinski definition) is 6. The van der Waals surface area contributed by atoms with Gasteiger partial charge in [-0.2, -0.15) is 0 Å². The highest BCUT2D eigenvalue weighted by molar-refractivity contribution is 7.80. The van der Waals surface area contributed by atoms with Gasteiger partial charge in [0.05, 0.1) is 16.6 Å². The molecule has 10 heteroatoms. The minimum absolute atomic E-state index is 0.00183. The van der Waals surface area contributed by atoms with Gasteiger partial charge in [-0.15, -0.1) is 4.36 Å². The van der Waals surface area contributed by atoms with Crippen LogP contribution in [0.25, 0.3) is 0 Å². The minimum Gasteiger partial charge on any atom is -0.477 e. The number of carbonyl (C=O) groups excluding carboxylic acids is 1. The van der Waals surface area contributed by atoms with E-state index in [1.807, 2.05) is 27.7 Å². The van der Waals surface area contributed by atoms with Crippen LogP contribution in [0.5, 0.6) is 0 Å². The first-order chi connectivity index (χ1) is 14.2. The van der Waals surface area contributed by atoms with Gasteiger partial charge >= 0.3 is 6.03 Å². The Labute approximate surface area is 178 Å². The molecule has 2 rings (SSSR count). The molecular formula is C20H30FN5O3S. The number of nitrogens with one attached hydrogen (secondary N) is 4. The van der Waals surface area contributed by atoms with Gasteiger partial charge in [0.25, 0.3) is 0 Å². The van der Waals surface area contributed by atoms with Crippen LogP contribution >= 0.6 is 0 Å². The van der Waals surface area contributed by atoms with E-state index in [1.54, 1.807) is 7.05 Å². The normalized spacial score (nSPS) is 19.3. The van der Waals surface area contributed by atoms with Crippen molar-refractivity contribution in [1.29, 1.82) is 5.41 Å². The van der Waals surface area contributed by atoms with E-state index in [2.05, 4.69) is 20.3 Å². The van der Waals surface area contributed by atoms with Crippen molar-refractivity contribution in [1.82, 2.24) is 10.6 Å². The van der Waals surface area contributed by atoms with Gasteiger partial charge in [-0.05, 0) is 42.1 Å². The SMILES string of the molecule is CN[C@H]1CN/C(=C(C=N)/[SH](=O)=N/C(=O)Nc2c(C(C)C)cc(F)cc2C(C)C)OC1. The number of nitrogens with zero attached hydrogens (tertiary/aromatic N) is 1. The van der Waals surface area contributed by atoms with Crippen LogP contribution < -0.4 is 16.0 Å². The van der Waals surface area contributed by atoms with Gasteiger partial charge < -0.3 is 26.1 Å². The van der Waals surface area contributed by atoms with Crippen LogP contribution in [0.4, 0.5) is 14.9 Å². The zero-order chi connectivity index (χ0) is 22.4. The van der Waals surface area contributed by atoms with Gasteiger partial charge in [-0.3, -0.25) is 0 Å². The molecule has 166 valence electrons. The highest BCUT2D eigenvalue weighted by atomic mass is 32.2. The van der Waals surface area contributed by atoms with Crippen LogP contribution in [0.15, 0.2) is 27.3 Å². The van der Waals surface area contributed by atoms with E-state index < -0.39 is 16.6 Å². The molecule has 1 aromatic carbocycles. The van der Waals surface area contributed by atoms with E-state index in [0.29, 0.717) is 30.0 Å². The minimum atomic E-state index is -2.56. The zero-order valence-corrected chi connectivity index (χ0v) is 18.8. The monoisotopic (exact) mass is 439 g/mol. The number of amides is 2. The average Bonchev–Trinajstić information content (AvgIpc) is 2.69. The van der Waals surface area contributed by atoms with Gasteiger partial charge in [0.1, 0.15) is 17.3 Å². The summed E-state index contributed by atoms with van der Waals surface area (Å²) in [6, 6.07) is 2.03. The molecule has 1 aliphatic heterocycles. The molecule has 0 radical (unpaired) electrons. The van der Waals surface area contributed by atoms with E-state index in [0.717, 1.165) is 6.21 Å². The molecule has 4 N–H and O–H groups in total. The third kappa shape index (κ3) is 5.79. The maximum atomic E-state index is 14.0. The molecule has 1 aliphatic rings. The number of anilines is 1. The van der Waals surface area contributed by atoms with E-state index in [-0.39, 0.29) is 34.5 Å². The fourth-order valence-electron chi connectivity index (χ4n) is 3.04. The molecule has 2 amide bonds. The Kier molecular flexibility index (Phi) is 8.36. The Morgan fingerprint density at radius 2 is 1.93 bits per heavy atom. The predicted molar refractivity (Wildman–Crippen MR) is 118 cm³/mol. The highest BCUT2D eigenvalue weighted by Crippen LogP contribution is 2.33. The number of thiol groups is 1. The van der Waals surface area contributed by atoms with Crippen LogP contribution in [0.2, 0.25) is 0 Å². The molecule has 8 nitrogen and oxygen atoms in total. The van der Waals surface area contributed by atoms with Gasteiger partial charge in [0.15, 0.2) is 0 Å². The van der Waals surface area contributed by atoms with Crippen molar-refractivity contribution in [3.63, 3.8) is 0 Å². The molecule has 0 saturated carbocycles. The van der Waals surface area contributed by atoms with Gasteiger partial charge in [-0.25, -0.2) is 13.4 Å². The highest BCUT2D eigenvalue weighted by Gasteiger charge is 2.20. The topological polar surface area (TPSA) is 116 Å². The smallest absolute Gasteiger partial charge is 0.353 e. The molecule has 30 heavy (non-hydrogen) atoms. The van der Waals surface area contributed by atoms with E-state index in [1.165, 1.54) is 12.1 Å². The number of carbonyl (C=O) groups is 1. The Bertz CT molecular complexity index is 884. The zero-order valence-electron chi connectivity index (χ0n) is 17.9. The molecule has 2 atom stereocenters. The number of ether oxygens (including phenoxy) is 1. The molecular weight excluding hydrogens is 409 g/mol. The molecule has 1 heterocycles. The standard InChI is InChI=1S/C20H30FN5O3S/c1-11(2)15-6-13(21)7-16(12(3)4)18(15)25-20(27)26-30(28)17(8-22)19-24-9-14(23-5)10-29-19/h6-8,11-12,14,22-24,30H,9-10H2,1-5H3,(H,25,27)/b19-17-,22-8?/t14-/m0/s1. The maximum Gasteiger partial charge on any atom is 0.353 e. The van der Waals surface area contributed by atoms with Crippen molar-refractivity contribution in [2.45, 2.75) is 45.6 Å². The van der Waals surface area contributed by atoms with E-state index in [4.69, 9.17) is 10.1 Å². The van der Waals surface area contributed by atoms with Crippen molar-refractivity contribution in [2.75, 3.05) is 25.5 Å². The number of likely N-dealkylation sites (N-methyl/N-ethyl adjacent to an activating group) is 1. The van der Waals surface area contributed by atoms with Crippen LogP contribution in [0, 0.1) is 11.2 Å². The lowest BCUT2D eigenvalue weighted by molar-refractivity contribution is 0.129. The predicted octanol–water partition coefficient (Wildman–Crippen LogP) is 3.30. The number of urea groups is 1. The summed E-state index contributed by atoms with van der Waals surface area (Å²) in [5, 5.41) is 16.2. The molecule has 0 bridgehead atoms. The average molecular weight is 440 g/mol. The van der Waals surface area contributed by atoms with E-state index in [9.17, 15) is 13.4 Å². The van der Waals surface area contributed by atoms with Crippen molar-refractivity contribution in [2.24, 2.45) is 4.36 Å². The lowest BCUT2D eigenvalue weighted by atomic mass is 9.92. The molecule has 0 aromatic heterocycles. The van der Waals surface area contributed by atoms with Gasteiger partial charge in [-0.1, -0.05) is 27.7 Å². The first-order valence-electron chi connectivity index (χ1n) is 9.79. The second-order valence-corrected chi connectivity index (χ2v) is 8.84. The van der Waals surface area contributed by atoms with Crippen LogP contribution in [-0.2, 0) is 15.3 Å². The Balaban J connectivity index is 2.33. The summed E-state index contributed by atoms with van der Waals surface area (Å²) in [7, 11) is -0.760. The summed E-state index contributed by atoms with van der Waals surface area (Å²) in [4.78, 5) is 12.5. The Morgan fingerprint density at radius 1 is 1.33 bits per heavy atom. The number of allylic oxidation sites excluding steroid dienone is 1. The van der Waals surface area contributed by atoms with Crippen molar-refractivity contribution in [3.05, 3.63) is 39.9 Å². The largest absolute Gasteiger partial charge is 0.477 e. The lowest BCUT2D eigenvalue weighted by Crippen LogP contribution is -2.45. The first kappa shape index (κ1) is 23.8. The summed E-state index contributed by atoms with van der Waals surface area (Å²) in [6.45, 7) is 8.46. The summed E-state index contributed by atoms with van der Waals surface area (Å²) in [5.74, 6) is -0.274. The van der Waals surface area contributed by atoms with Crippen LogP contribution in [-0.4, -0.2) is 42.7 Å². The maximum absolute atomic E-state index is 14.0. The second kappa shape index (κ2) is 10.5. The Hall–Kier alpha value is -2.46. The third-order valence-corrected chi connectivity index (χ3v) is 5.85. The molecule has 0 aliphatic carbocycles. The summed E-state index contributed by atoms with van der Waals surface area (Å²) in [5.41, 5.74) is 1.75. The van der Waals surface area contributed by atoms with Gasteiger partial charge in [0.2, 0.25) is 5.88 Å². The number of hydrogen-bond donors (Lipinski definition) is 5. The second-order valence-electron chi connectivity index (χ2n) is 7.61. The fourth-order valence-corrected chi connectivity index (χ4v) is 3.79. The van der Waals surface area contributed by atoms with E-state index >= 15 is 0 Å². The fraction of sp³-hybridized carbons (Fsp3) is 0.500. The molecule has 0 spiro atoms. The van der Waals surface area contributed by atoms with Crippen LogP contribution in [0.1, 0.15) is 50.7 Å². The van der Waals surface area contributed by atoms with Gasteiger partial charge in [0, 0.05) is 18.4 Å². The molecule has 1 saturated heterocycles. The number of benzene rings is 1. The first-order valence-corrected chi connectivity index (χ1v) is 11.0. The molecule has 1 aromatic rings. The molecule has 1 fully saturated rings.